The van der Waals surface area contributed by atoms with Crippen molar-refractivity contribution in [1.82, 2.24) is 10.1 Å². The van der Waals surface area contributed by atoms with Gasteiger partial charge in [-0.05, 0) is 55.8 Å². The van der Waals surface area contributed by atoms with Gasteiger partial charge in [-0.3, -0.25) is 9.59 Å². The molecule has 0 unspecified atom stereocenters. The lowest BCUT2D eigenvalue weighted by Crippen LogP contribution is -2.23. The number of rotatable bonds is 8. The van der Waals surface area contributed by atoms with Crippen LogP contribution in [0.3, 0.4) is 0 Å². The molecule has 1 aromatic heterocycles. The molecule has 0 bridgehead atoms. The van der Waals surface area contributed by atoms with Gasteiger partial charge in [0.1, 0.15) is 5.75 Å². The number of nitrogens with one attached hydrogen (secondary N) is 1. The number of aryl methyl sites for hydroxylation is 1. The van der Waals surface area contributed by atoms with Crippen molar-refractivity contribution in [3.05, 3.63) is 54.4 Å². The Labute approximate surface area is 180 Å². The van der Waals surface area contributed by atoms with Crippen molar-refractivity contribution < 1.29 is 18.8 Å². The van der Waals surface area contributed by atoms with Crippen LogP contribution in [0.15, 0.2) is 53.1 Å². The Balaban J connectivity index is 1.32. The standard InChI is InChI=1S/C23H24N4O4/c1-2-30-19-10-8-16(9-11-19)23-25-21(31-26-23)13-12-20(28)24-17-5-3-6-18(15-17)27-14-4-7-22(27)29/h3,5-6,8-11,15H,2,4,7,12-14H2,1H3,(H,24,28). The Kier molecular flexibility index (Phi) is 6.26. The fourth-order valence-corrected chi connectivity index (χ4v) is 3.46. The molecular weight excluding hydrogens is 396 g/mol. The molecule has 160 valence electrons. The molecule has 1 aliphatic heterocycles. The summed E-state index contributed by atoms with van der Waals surface area (Å²) in [5.74, 6) is 1.61. The molecule has 0 radical (unpaired) electrons. The molecule has 31 heavy (non-hydrogen) atoms. The molecule has 8 nitrogen and oxygen atoms in total. The first-order chi connectivity index (χ1) is 15.1. The third-order valence-electron chi connectivity index (χ3n) is 4.97. The Morgan fingerprint density at radius 1 is 1.23 bits per heavy atom. The Hall–Kier alpha value is -3.68. The van der Waals surface area contributed by atoms with Crippen LogP contribution in [0.4, 0.5) is 11.4 Å². The van der Waals surface area contributed by atoms with E-state index >= 15 is 0 Å². The van der Waals surface area contributed by atoms with Gasteiger partial charge in [0, 0.05) is 42.7 Å². The van der Waals surface area contributed by atoms with Gasteiger partial charge in [-0.2, -0.15) is 4.98 Å². The number of hydrogen-bond donors (Lipinski definition) is 1. The average molecular weight is 420 g/mol. The number of ether oxygens (including phenoxy) is 1. The highest BCUT2D eigenvalue weighted by atomic mass is 16.5. The molecule has 0 saturated carbocycles. The van der Waals surface area contributed by atoms with Gasteiger partial charge in [-0.25, -0.2) is 0 Å². The van der Waals surface area contributed by atoms with Crippen molar-refractivity contribution in [2.24, 2.45) is 0 Å². The second kappa shape index (κ2) is 9.42. The van der Waals surface area contributed by atoms with Crippen LogP contribution in [-0.2, 0) is 16.0 Å². The molecule has 0 aliphatic carbocycles. The smallest absolute Gasteiger partial charge is 0.227 e. The van der Waals surface area contributed by atoms with Crippen molar-refractivity contribution in [2.75, 3.05) is 23.4 Å². The van der Waals surface area contributed by atoms with Crippen LogP contribution in [0.5, 0.6) is 5.75 Å². The van der Waals surface area contributed by atoms with E-state index in [4.69, 9.17) is 9.26 Å². The fraction of sp³-hybridized carbons (Fsp3) is 0.304. The highest BCUT2D eigenvalue weighted by Crippen LogP contribution is 2.24. The molecule has 1 N–H and O–H groups in total. The normalized spacial score (nSPS) is 13.5. The van der Waals surface area contributed by atoms with Gasteiger partial charge in [0.25, 0.3) is 0 Å². The summed E-state index contributed by atoms with van der Waals surface area (Å²) in [6.07, 6.45) is 1.97. The Bertz CT molecular complexity index is 1060. The van der Waals surface area contributed by atoms with Gasteiger partial charge in [0.2, 0.25) is 23.5 Å². The lowest BCUT2D eigenvalue weighted by atomic mass is 10.2. The molecular formula is C23H24N4O4. The third-order valence-corrected chi connectivity index (χ3v) is 4.97. The number of carbonyl (C=O) groups is 2. The molecule has 2 heterocycles. The quantitative estimate of drug-likeness (QED) is 0.595. The molecule has 3 aromatic rings. The summed E-state index contributed by atoms with van der Waals surface area (Å²) in [5, 5.41) is 6.86. The van der Waals surface area contributed by atoms with Crippen LogP contribution < -0.4 is 15.0 Å². The minimum atomic E-state index is -0.161. The van der Waals surface area contributed by atoms with Crippen LogP contribution in [-0.4, -0.2) is 35.1 Å². The van der Waals surface area contributed by atoms with Crippen molar-refractivity contribution in [3.8, 4) is 17.1 Å². The molecule has 0 spiro atoms. The summed E-state index contributed by atoms with van der Waals surface area (Å²) in [6.45, 7) is 3.25. The van der Waals surface area contributed by atoms with Crippen LogP contribution in [0.1, 0.15) is 32.1 Å². The summed E-state index contributed by atoms with van der Waals surface area (Å²) < 4.78 is 10.7. The van der Waals surface area contributed by atoms with Gasteiger partial charge in [0.15, 0.2) is 0 Å². The van der Waals surface area contributed by atoms with Crippen LogP contribution in [0, 0.1) is 0 Å². The maximum atomic E-state index is 12.4. The largest absolute Gasteiger partial charge is 0.494 e. The number of amides is 2. The minimum Gasteiger partial charge on any atom is -0.494 e. The Morgan fingerprint density at radius 3 is 2.81 bits per heavy atom. The first-order valence-electron chi connectivity index (χ1n) is 10.4. The number of anilines is 2. The highest BCUT2D eigenvalue weighted by molar-refractivity contribution is 5.97. The van der Waals surface area contributed by atoms with E-state index in [0.717, 1.165) is 23.4 Å². The van der Waals surface area contributed by atoms with E-state index in [1.807, 2.05) is 49.4 Å². The molecule has 0 atom stereocenters. The van der Waals surface area contributed by atoms with Crippen molar-refractivity contribution in [2.45, 2.75) is 32.6 Å². The molecule has 4 rings (SSSR count). The number of hydrogen-bond acceptors (Lipinski definition) is 6. The van der Waals surface area contributed by atoms with Crippen molar-refractivity contribution in [1.29, 1.82) is 0 Å². The summed E-state index contributed by atoms with van der Waals surface area (Å²) in [4.78, 5) is 30.4. The topological polar surface area (TPSA) is 97.6 Å². The van der Waals surface area contributed by atoms with E-state index < -0.39 is 0 Å². The first kappa shape index (κ1) is 20.6. The molecule has 1 aliphatic rings. The SMILES string of the molecule is CCOc1ccc(-c2noc(CCC(=O)Nc3cccc(N4CCCC4=O)c3)n2)cc1. The van der Waals surface area contributed by atoms with E-state index in [1.54, 1.807) is 11.0 Å². The van der Waals surface area contributed by atoms with Gasteiger partial charge in [0.05, 0.1) is 6.61 Å². The van der Waals surface area contributed by atoms with Gasteiger partial charge < -0.3 is 19.5 Å². The van der Waals surface area contributed by atoms with Crippen LogP contribution >= 0.6 is 0 Å². The minimum absolute atomic E-state index is 0.114. The summed E-state index contributed by atoms with van der Waals surface area (Å²) in [5.41, 5.74) is 2.27. The van der Waals surface area contributed by atoms with E-state index in [2.05, 4.69) is 15.5 Å². The molecule has 2 amide bonds. The van der Waals surface area contributed by atoms with E-state index in [9.17, 15) is 9.59 Å². The van der Waals surface area contributed by atoms with E-state index in [0.29, 0.717) is 43.4 Å². The number of aromatic nitrogens is 2. The summed E-state index contributed by atoms with van der Waals surface area (Å²) in [7, 11) is 0. The predicted molar refractivity (Wildman–Crippen MR) is 116 cm³/mol. The number of benzene rings is 2. The van der Waals surface area contributed by atoms with Crippen LogP contribution in [0.2, 0.25) is 0 Å². The van der Waals surface area contributed by atoms with Gasteiger partial charge >= 0.3 is 0 Å². The Morgan fingerprint density at radius 2 is 2.06 bits per heavy atom. The zero-order chi connectivity index (χ0) is 21.6. The molecule has 8 heteroatoms. The maximum Gasteiger partial charge on any atom is 0.227 e. The summed E-state index contributed by atoms with van der Waals surface area (Å²) >= 11 is 0. The monoisotopic (exact) mass is 420 g/mol. The van der Waals surface area contributed by atoms with Crippen molar-refractivity contribution >= 4 is 23.2 Å². The lowest BCUT2D eigenvalue weighted by Gasteiger charge is -2.16. The number of carbonyl (C=O) groups excluding carboxylic acids is 2. The third kappa shape index (κ3) is 5.09. The zero-order valence-corrected chi connectivity index (χ0v) is 17.3. The van der Waals surface area contributed by atoms with Gasteiger partial charge in [-0.1, -0.05) is 11.2 Å². The van der Waals surface area contributed by atoms with Crippen molar-refractivity contribution in [3.63, 3.8) is 0 Å². The molecule has 2 aromatic carbocycles. The predicted octanol–water partition coefficient (Wildman–Crippen LogP) is 3.83. The lowest BCUT2D eigenvalue weighted by molar-refractivity contribution is -0.117. The van der Waals surface area contributed by atoms with E-state index in [-0.39, 0.29) is 18.2 Å². The average Bonchev–Trinajstić information content (AvgIpc) is 3.42. The second-order valence-electron chi connectivity index (χ2n) is 7.22. The summed E-state index contributed by atoms with van der Waals surface area (Å²) in [6, 6.07) is 14.8. The highest BCUT2D eigenvalue weighted by Gasteiger charge is 2.21. The first-order valence-corrected chi connectivity index (χ1v) is 10.4. The number of nitrogens with zero attached hydrogens (tertiary/aromatic N) is 3. The molecule has 1 saturated heterocycles. The van der Waals surface area contributed by atoms with Crippen LogP contribution in [0.25, 0.3) is 11.4 Å². The maximum absolute atomic E-state index is 12.4. The molecule has 1 fully saturated rings. The van der Waals surface area contributed by atoms with E-state index in [1.165, 1.54) is 0 Å². The fourth-order valence-electron chi connectivity index (χ4n) is 3.46. The van der Waals surface area contributed by atoms with Gasteiger partial charge in [-0.15, -0.1) is 0 Å². The zero-order valence-electron chi connectivity index (χ0n) is 17.3. The second-order valence-corrected chi connectivity index (χ2v) is 7.22.